The summed E-state index contributed by atoms with van der Waals surface area (Å²) in [6.45, 7) is 1.46. The number of carbonyl (C=O) groups is 1. The number of hydroxylamine groups is 1. The Labute approximate surface area is 217 Å². The van der Waals surface area contributed by atoms with Crippen LogP contribution in [0, 0.1) is 0 Å². The summed E-state index contributed by atoms with van der Waals surface area (Å²) in [4.78, 5) is 17.5. The smallest absolute Gasteiger partial charge is 0.267 e. The first kappa shape index (κ1) is 25.4. The lowest BCUT2D eigenvalue weighted by Gasteiger charge is -2.21. The highest BCUT2D eigenvalue weighted by atomic mass is 32.2. The third-order valence-corrected chi connectivity index (χ3v) is 8.05. The van der Waals surface area contributed by atoms with Gasteiger partial charge in [0.25, 0.3) is 15.9 Å². The molecule has 0 radical (unpaired) electrons. The van der Waals surface area contributed by atoms with Crippen LogP contribution < -0.4 is 10.8 Å². The molecule has 9 heteroatoms. The third kappa shape index (κ3) is 6.75. The Hall–Kier alpha value is -3.24. The minimum Gasteiger partial charge on any atom is -0.350 e. The van der Waals surface area contributed by atoms with Gasteiger partial charge in [-0.1, -0.05) is 36.4 Å². The van der Waals surface area contributed by atoms with E-state index in [-0.39, 0.29) is 4.90 Å². The average Bonchev–Trinajstić information content (AvgIpc) is 3.64. The topological polar surface area (TPSA) is 98.7 Å². The minimum absolute atomic E-state index is 0.189. The van der Waals surface area contributed by atoms with E-state index >= 15 is 0 Å². The van der Waals surface area contributed by atoms with Gasteiger partial charge in [0.2, 0.25) is 0 Å². The number of aromatic nitrogens is 1. The molecule has 2 heterocycles. The van der Waals surface area contributed by atoms with Crippen LogP contribution in [-0.2, 0) is 30.9 Å². The van der Waals surface area contributed by atoms with Crippen LogP contribution in [0.2, 0.25) is 0 Å². The van der Waals surface area contributed by atoms with Crippen molar-refractivity contribution in [1.29, 1.82) is 0 Å². The Kier molecular flexibility index (Phi) is 7.85. The number of amides is 1. The highest BCUT2D eigenvalue weighted by Gasteiger charge is 2.20. The first-order valence-electron chi connectivity index (χ1n) is 12.6. The van der Waals surface area contributed by atoms with Crippen LogP contribution in [0.4, 0.5) is 0 Å². The van der Waals surface area contributed by atoms with Gasteiger partial charge in [-0.2, -0.15) is 0 Å². The maximum Gasteiger partial charge on any atom is 0.267 e. The predicted molar refractivity (Wildman–Crippen MR) is 141 cm³/mol. The van der Waals surface area contributed by atoms with E-state index in [1.807, 2.05) is 18.2 Å². The molecular weight excluding hydrogens is 490 g/mol. The molecule has 2 N–H and O–H groups in total. The zero-order valence-corrected chi connectivity index (χ0v) is 21.3. The average molecular weight is 522 g/mol. The molecule has 8 nitrogen and oxygen atoms in total. The van der Waals surface area contributed by atoms with Crippen molar-refractivity contribution in [1.82, 2.24) is 14.8 Å². The first-order chi connectivity index (χ1) is 18.0. The molecule has 1 aliphatic carbocycles. The summed E-state index contributed by atoms with van der Waals surface area (Å²) in [5.41, 5.74) is 5.90. The second kappa shape index (κ2) is 11.4. The lowest BCUT2D eigenvalue weighted by molar-refractivity contribution is -0.198. The van der Waals surface area contributed by atoms with E-state index in [2.05, 4.69) is 22.9 Å². The number of carbonyl (C=O) groups excluding carboxylic acids is 1. The standard InChI is InChI=1S/C28H31N3O5S/c32-27(30-36-28-6-1-2-17-35-28)14-9-22-15-16-31(20-22)37(33,34)26-5-3-4-24(18-26)23-10-7-21(8-11-23)19-29-25-12-13-25/h3-5,7-11,14-16,18,20,25,28-29H,1-2,6,12-13,17,19H2,(H,30,32). The van der Waals surface area contributed by atoms with E-state index in [1.165, 1.54) is 43.0 Å². The fourth-order valence-corrected chi connectivity index (χ4v) is 5.35. The summed E-state index contributed by atoms with van der Waals surface area (Å²) in [6, 6.07) is 17.4. The zero-order valence-electron chi connectivity index (χ0n) is 20.5. The molecule has 1 unspecified atom stereocenters. The summed E-state index contributed by atoms with van der Waals surface area (Å²) in [6.07, 6.45) is 10.5. The highest BCUT2D eigenvalue weighted by Crippen LogP contribution is 2.25. The van der Waals surface area contributed by atoms with Crippen LogP contribution in [0.3, 0.4) is 0 Å². The second-order valence-electron chi connectivity index (χ2n) is 9.37. The second-order valence-corrected chi connectivity index (χ2v) is 11.2. The number of benzene rings is 2. The molecule has 0 bridgehead atoms. The van der Waals surface area contributed by atoms with Gasteiger partial charge in [0.15, 0.2) is 6.29 Å². The summed E-state index contributed by atoms with van der Waals surface area (Å²) >= 11 is 0. The van der Waals surface area contributed by atoms with Gasteiger partial charge in [0.1, 0.15) is 0 Å². The summed E-state index contributed by atoms with van der Waals surface area (Å²) in [7, 11) is -3.80. The Morgan fingerprint density at radius 3 is 2.65 bits per heavy atom. The number of hydrogen-bond acceptors (Lipinski definition) is 6. The van der Waals surface area contributed by atoms with Crippen molar-refractivity contribution in [3.05, 3.63) is 84.2 Å². The summed E-state index contributed by atoms with van der Waals surface area (Å²) in [5.74, 6) is -0.452. The van der Waals surface area contributed by atoms with Crippen molar-refractivity contribution in [3.63, 3.8) is 0 Å². The molecule has 1 saturated heterocycles. The van der Waals surface area contributed by atoms with E-state index < -0.39 is 22.2 Å². The van der Waals surface area contributed by atoms with Gasteiger partial charge < -0.3 is 10.1 Å². The van der Waals surface area contributed by atoms with E-state index in [0.717, 1.165) is 40.9 Å². The predicted octanol–water partition coefficient (Wildman–Crippen LogP) is 4.23. The van der Waals surface area contributed by atoms with Crippen molar-refractivity contribution in [3.8, 4) is 11.1 Å². The molecule has 1 atom stereocenters. The summed E-state index contributed by atoms with van der Waals surface area (Å²) in [5, 5.41) is 3.50. The van der Waals surface area contributed by atoms with Crippen LogP contribution in [0.15, 0.2) is 78.0 Å². The van der Waals surface area contributed by atoms with Gasteiger partial charge >= 0.3 is 0 Å². The number of nitrogens with one attached hydrogen (secondary N) is 2. The molecule has 2 fully saturated rings. The molecule has 194 valence electrons. The molecular formula is C28H31N3O5S. The molecule has 37 heavy (non-hydrogen) atoms. The molecule has 0 spiro atoms. The highest BCUT2D eigenvalue weighted by molar-refractivity contribution is 7.90. The quantitative estimate of drug-likeness (QED) is 0.306. The van der Waals surface area contributed by atoms with Gasteiger partial charge in [-0.25, -0.2) is 22.7 Å². The van der Waals surface area contributed by atoms with Crippen LogP contribution in [-0.4, -0.2) is 37.2 Å². The molecule has 2 aliphatic rings. The number of ether oxygens (including phenoxy) is 1. The SMILES string of the molecule is O=C(C=Cc1ccn(S(=O)(=O)c2cccc(-c3ccc(CNC4CC4)cc3)c2)c1)NOC1CCCCO1. The number of hydrogen-bond donors (Lipinski definition) is 2. The van der Waals surface area contributed by atoms with Gasteiger partial charge in [-0.3, -0.25) is 4.79 Å². The maximum absolute atomic E-state index is 13.3. The van der Waals surface area contributed by atoms with Crippen LogP contribution in [0.1, 0.15) is 43.2 Å². The molecule has 1 amide bonds. The van der Waals surface area contributed by atoms with Crippen molar-refractivity contribution >= 4 is 22.0 Å². The van der Waals surface area contributed by atoms with Gasteiger partial charge in [0.05, 0.1) is 4.90 Å². The van der Waals surface area contributed by atoms with E-state index in [0.29, 0.717) is 18.2 Å². The molecule has 5 rings (SSSR count). The zero-order chi connectivity index (χ0) is 25.7. The number of nitrogens with zero attached hydrogens (tertiary/aromatic N) is 1. The van der Waals surface area contributed by atoms with E-state index in [9.17, 15) is 13.2 Å². The first-order valence-corrected chi connectivity index (χ1v) is 14.0. The largest absolute Gasteiger partial charge is 0.350 e. The van der Waals surface area contributed by atoms with Crippen LogP contribution >= 0.6 is 0 Å². The molecule has 2 aromatic carbocycles. The normalized spacial score (nSPS) is 18.2. The molecule has 1 aromatic heterocycles. The van der Waals surface area contributed by atoms with Crippen molar-refractivity contribution in [2.75, 3.05) is 6.61 Å². The Bertz CT molecular complexity index is 1350. The van der Waals surface area contributed by atoms with Crippen molar-refractivity contribution in [2.45, 2.75) is 55.9 Å². The van der Waals surface area contributed by atoms with Crippen LogP contribution in [0.25, 0.3) is 17.2 Å². The van der Waals surface area contributed by atoms with Gasteiger partial charge in [0, 0.05) is 44.1 Å². The minimum atomic E-state index is -3.80. The molecule has 1 aliphatic heterocycles. The van der Waals surface area contributed by atoms with Crippen molar-refractivity contribution < 1.29 is 22.8 Å². The number of rotatable bonds is 10. The Morgan fingerprint density at radius 1 is 1.05 bits per heavy atom. The fourth-order valence-electron chi connectivity index (χ4n) is 4.10. The Balaban J connectivity index is 1.22. The monoisotopic (exact) mass is 521 g/mol. The van der Waals surface area contributed by atoms with Crippen LogP contribution in [0.5, 0.6) is 0 Å². The van der Waals surface area contributed by atoms with Gasteiger partial charge in [-0.05, 0) is 72.2 Å². The summed E-state index contributed by atoms with van der Waals surface area (Å²) < 4.78 is 33.1. The maximum atomic E-state index is 13.3. The van der Waals surface area contributed by atoms with Crippen molar-refractivity contribution in [2.24, 2.45) is 0 Å². The van der Waals surface area contributed by atoms with Gasteiger partial charge in [-0.15, -0.1) is 0 Å². The Morgan fingerprint density at radius 2 is 1.89 bits per heavy atom. The lowest BCUT2D eigenvalue weighted by atomic mass is 10.0. The van der Waals surface area contributed by atoms with E-state index in [1.54, 1.807) is 24.3 Å². The lowest BCUT2D eigenvalue weighted by Crippen LogP contribution is -2.32. The fraction of sp³-hybridized carbons (Fsp3) is 0.321. The third-order valence-electron chi connectivity index (χ3n) is 6.42. The van der Waals surface area contributed by atoms with E-state index in [4.69, 9.17) is 9.57 Å². The molecule has 1 saturated carbocycles. The molecule has 3 aromatic rings.